The zero-order valence-electron chi connectivity index (χ0n) is 12.3. The van der Waals surface area contributed by atoms with Gasteiger partial charge in [-0.1, -0.05) is 26.0 Å². The van der Waals surface area contributed by atoms with Crippen LogP contribution in [0.2, 0.25) is 0 Å². The van der Waals surface area contributed by atoms with Gasteiger partial charge < -0.3 is 15.5 Å². The lowest BCUT2D eigenvalue weighted by Gasteiger charge is -2.23. The molecule has 20 heavy (non-hydrogen) atoms. The zero-order chi connectivity index (χ0) is 14.5. The first-order valence-electron chi connectivity index (χ1n) is 7.25. The van der Waals surface area contributed by atoms with Gasteiger partial charge in [-0.3, -0.25) is 4.79 Å². The lowest BCUT2D eigenvalue weighted by Crippen LogP contribution is -2.27. The van der Waals surface area contributed by atoms with E-state index in [1.54, 1.807) is 0 Å². The molecule has 0 saturated heterocycles. The predicted molar refractivity (Wildman–Crippen MR) is 84.2 cm³/mol. The summed E-state index contributed by atoms with van der Waals surface area (Å²) in [5, 5.41) is 6.17. The molecule has 1 aromatic carbocycles. The summed E-state index contributed by atoms with van der Waals surface area (Å²) in [6, 6.07) is 5.97. The number of rotatable bonds is 7. The summed E-state index contributed by atoms with van der Waals surface area (Å²) in [6.07, 6.45) is 2.99. The van der Waals surface area contributed by atoms with E-state index in [1.165, 1.54) is 0 Å². The zero-order valence-corrected chi connectivity index (χ0v) is 12.3. The van der Waals surface area contributed by atoms with Crippen LogP contribution in [0.5, 0.6) is 0 Å². The van der Waals surface area contributed by atoms with Crippen molar-refractivity contribution in [1.82, 2.24) is 5.32 Å². The fourth-order valence-corrected chi connectivity index (χ4v) is 2.61. The maximum atomic E-state index is 12.0. The van der Waals surface area contributed by atoms with Crippen LogP contribution in [0.25, 0.3) is 0 Å². The molecule has 0 aliphatic carbocycles. The van der Waals surface area contributed by atoms with Crippen molar-refractivity contribution in [3.63, 3.8) is 0 Å². The number of nitrogens with zero attached hydrogens (tertiary/aromatic N) is 1. The van der Waals surface area contributed by atoms with Gasteiger partial charge in [0.2, 0.25) is 5.91 Å². The van der Waals surface area contributed by atoms with E-state index in [0.29, 0.717) is 0 Å². The molecular weight excluding hydrogens is 250 g/mol. The molecule has 1 amide bonds. The summed E-state index contributed by atoms with van der Waals surface area (Å²) in [7, 11) is 0. The largest absolute Gasteiger partial charge is 0.368 e. The van der Waals surface area contributed by atoms with Gasteiger partial charge in [0.05, 0.1) is 0 Å². The Morgan fingerprint density at radius 1 is 1.45 bits per heavy atom. The third-order valence-electron chi connectivity index (χ3n) is 3.48. The molecule has 1 unspecified atom stereocenters. The molecule has 108 valence electrons. The number of hydrogen-bond donors (Lipinski definition) is 2. The molecule has 0 fully saturated rings. The molecule has 1 aromatic rings. The second kappa shape index (κ2) is 6.57. The van der Waals surface area contributed by atoms with Crippen molar-refractivity contribution in [3.8, 4) is 0 Å². The van der Waals surface area contributed by atoms with Gasteiger partial charge in [0.1, 0.15) is 6.04 Å². The molecule has 4 nitrogen and oxygen atoms in total. The van der Waals surface area contributed by atoms with Gasteiger partial charge in [-0.25, -0.2) is 0 Å². The SMILES string of the molecule is C=CCN(CCC)c1ccc2c(c1)NC(=O)C2NCC. The average Bonchev–Trinajstić information content (AvgIpc) is 2.74. The normalized spacial score (nSPS) is 16.7. The van der Waals surface area contributed by atoms with E-state index in [1.807, 2.05) is 19.1 Å². The minimum Gasteiger partial charge on any atom is -0.368 e. The molecule has 4 heteroatoms. The number of likely N-dealkylation sites (N-methyl/N-ethyl adjacent to an activating group) is 1. The molecule has 1 aliphatic rings. The van der Waals surface area contributed by atoms with Crippen LogP contribution in [-0.2, 0) is 4.79 Å². The van der Waals surface area contributed by atoms with Crippen LogP contribution in [0, 0.1) is 0 Å². The van der Waals surface area contributed by atoms with E-state index in [-0.39, 0.29) is 11.9 Å². The highest BCUT2D eigenvalue weighted by molar-refractivity contribution is 6.03. The highest BCUT2D eigenvalue weighted by Gasteiger charge is 2.29. The van der Waals surface area contributed by atoms with E-state index < -0.39 is 0 Å². The Bertz CT molecular complexity index is 498. The van der Waals surface area contributed by atoms with Crippen molar-refractivity contribution in [2.75, 3.05) is 29.9 Å². The van der Waals surface area contributed by atoms with Crippen LogP contribution in [0.4, 0.5) is 11.4 Å². The maximum absolute atomic E-state index is 12.0. The molecule has 1 aliphatic heterocycles. The molecule has 0 bridgehead atoms. The molecule has 0 spiro atoms. The molecule has 2 rings (SSSR count). The van der Waals surface area contributed by atoms with Crippen LogP contribution in [-0.4, -0.2) is 25.5 Å². The van der Waals surface area contributed by atoms with Gasteiger partial charge in [0, 0.05) is 30.0 Å². The smallest absolute Gasteiger partial charge is 0.246 e. The van der Waals surface area contributed by atoms with Gasteiger partial charge in [-0.2, -0.15) is 0 Å². The lowest BCUT2D eigenvalue weighted by atomic mass is 10.1. The number of fused-ring (bicyclic) bond motifs is 1. The Morgan fingerprint density at radius 2 is 2.25 bits per heavy atom. The summed E-state index contributed by atoms with van der Waals surface area (Å²) in [6.45, 7) is 10.5. The molecule has 1 atom stereocenters. The van der Waals surface area contributed by atoms with E-state index in [0.717, 1.165) is 43.0 Å². The summed E-state index contributed by atoms with van der Waals surface area (Å²) < 4.78 is 0. The van der Waals surface area contributed by atoms with Crippen LogP contribution < -0.4 is 15.5 Å². The fourth-order valence-electron chi connectivity index (χ4n) is 2.61. The summed E-state index contributed by atoms with van der Waals surface area (Å²) in [4.78, 5) is 14.2. The van der Waals surface area contributed by atoms with Crippen LogP contribution >= 0.6 is 0 Å². The Balaban J connectivity index is 2.26. The lowest BCUT2D eigenvalue weighted by molar-refractivity contribution is -0.117. The number of carbonyl (C=O) groups is 1. The van der Waals surface area contributed by atoms with Crippen molar-refractivity contribution in [2.45, 2.75) is 26.3 Å². The van der Waals surface area contributed by atoms with Crippen molar-refractivity contribution in [1.29, 1.82) is 0 Å². The van der Waals surface area contributed by atoms with Crippen molar-refractivity contribution in [3.05, 3.63) is 36.4 Å². The van der Waals surface area contributed by atoms with Crippen molar-refractivity contribution >= 4 is 17.3 Å². The Labute approximate surface area is 120 Å². The van der Waals surface area contributed by atoms with E-state index in [4.69, 9.17) is 0 Å². The first-order valence-corrected chi connectivity index (χ1v) is 7.25. The topological polar surface area (TPSA) is 44.4 Å². The van der Waals surface area contributed by atoms with Gasteiger partial charge >= 0.3 is 0 Å². The molecule has 1 heterocycles. The van der Waals surface area contributed by atoms with Gasteiger partial charge in [0.25, 0.3) is 0 Å². The average molecular weight is 273 g/mol. The first-order chi connectivity index (χ1) is 9.71. The molecule has 0 aromatic heterocycles. The Hall–Kier alpha value is -1.81. The van der Waals surface area contributed by atoms with Gasteiger partial charge in [-0.05, 0) is 25.1 Å². The van der Waals surface area contributed by atoms with Crippen LogP contribution in [0.15, 0.2) is 30.9 Å². The van der Waals surface area contributed by atoms with Gasteiger partial charge in [-0.15, -0.1) is 6.58 Å². The predicted octanol–water partition coefficient (Wildman–Crippen LogP) is 2.69. The molecular formula is C16H23N3O. The standard InChI is InChI=1S/C16H23N3O/c1-4-9-19(10-5-2)12-7-8-13-14(11-12)18-16(20)15(13)17-6-3/h4,7-8,11,15,17H,1,5-6,9-10H2,2-3H3,(H,18,20). The molecule has 2 N–H and O–H groups in total. The number of hydrogen-bond acceptors (Lipinski definition) is 3. The number of anilines is 2. The monoisotopic (exact) mass is 273 g/mol. The van der Waals surface area contributed by atoms with E-state index in [2.05, 4.69) is 41.2 Å². The fraction of sp³-hybridized carbons (Fsp3) is 0.438. The second-order valence-electron chi connectivity index (χ2n) is 4.99. The Kier molecular flexibility index (Phi) is 4.79. The van der Waals surface area contributed by atoms with Crippen LogP contribution in [0.3, 0.4) is 0 Å². The minimum absolute atomic E-state index is 0.0322. The van der Waals surface area contributed by atoms with Crippen molar-refractivity contribution < 1.29 is 4.79 Å². The quantitative estimate of drug-likeness (QED) is 0.751. The molecule has 0 radical (unpaired) electrons. The molecule has 0 saturated carbocycles. The third kappa shape index (κ3) is 2.85. The van der Waals surface area contributed by atoms with E-state index in [9.17, 15) is 4.79 Å². The van der Waals surface area contributed by atoms with Crippen LogP contribution in [0.1, 0.15) is 31.9 Å². The summed E-state index contributed by atoms with van der Waals surface area (Å²) in [5.41, 5.74) is 3.09. The highest BCUT2D eigenvalue weighted by atomic mass is 16.2. The second-order valence-corrected chi connectivity index (χ2v) is 4.99. The summed E-state index contributed by atoms with van der Waals surface area (Å²) >= 11 is 0. The maximum Gasteiger partial charge on any atom is 0.246 e. The minimum atomic E-state index is -0.219. The highest BCUT2D eigenvalue weighted by Crippen LogP contribution is 2.34. The van der Waals surface area contributed by atoms with Gasteiger partial charge in [0.15, 0.2) is 0 Å². The number of amides is 1. The number of nitrogens with one attached hydrogen (secondary N) is 2. The third-order valence-corrected chi connectivity index (χ3v) is 3.48. The number of carbonyl (C=O) groups excluding carboxylic acids is 1. The summed E-state index contributed by atoms with van der Waals surface area (Å²) in [5.74, 6) is 0.0322. The first kappa shape index (κ1) is 14.6. The van der Waals surface area contributed by atoms with Crippen molar-refractivity contribution in [2.24, 2.45) is 0 Å². The van der Waals surface area contributed by atoms with E-state index >= 15 is 0 Å². The Morgan fingerprint density at radius 3 is 2.90 bits per heavy atom. The number of benzene rings is 1.